The van der Waals surface area contributed by atoms with E-state index in [1.54, 1.807) is 0 Å². The number of halogens is 3. The first-order chi connectivity index (χ1) is 9.32. The highest BCUT2D eigenvalue weighted by Crippen LogP contribution is 2.23. The zero-order chi connectivity index (χ0) is 14.9. The van der Waals surface area contributed by atoms with Crippen LogP contribution in [0.2, 0.25) is 5.02 Å². The predicted octanol–water partition coefficient (Wildman–Crippen LogP) is 1.61. The van der Waals surface area contributed by atoms with Gasteiger partial charge in [0.05, 0.1) is 0 Å². The SMILES string of the molecule is CN(Cc1c(F)cccc1Cl)S(=O)(=O)N1CC[C@H](N)C1.Cl. The molecule has 0 radical (unpaired) electrons. The van der Waals surface area contributed by atoms with Gasteiger partial charge in [-0.2, -0.15) is 17.0 Å². The van der Waals surface area contributed by atoms with Crippen LogP contribution in [-0.2, 0) is 16.8 Å². The van der Waals surface area contributed by atoms with Crippen LogP contribution in [0.5, 0.6) is 0 Å². The van der Waals surface area contributed by atoms with Crippen LogP contribution in [0.3, 0.4) is 0 Å². The minimum atomic E-state index is -3.64. The van der Waals surface area contributed by atoms with Crippen molar-refractivity contribution in [3.63, 3.8) is 0 Å². The van der Waals surface area contributed by atoms with Gasteiger partial charge in [0.25, 0.3) is 10.2 Å². The Morgan fingerprint density at radius 1 is 1.52 bits per heavy atom. The van der Waals surface area contributed by atoms with E-state index >= 15 is 0 Å². The molecule has 1 aliphatic heterocycles. The predicted molar refractivity (Wildman–Crippen MR) is 83.2 cm³/mol. The van der Waals surface area contributed by atoms with Crippen LogP contribution < -0.4 is 5.73 Å². The number of rotatable bonds is 4. The van der Waals surface area contributed by atoms with Crippen molar-refractivity contribution in [1.29, 1.82) is 0 Å². The van der Waals surface area contributed by atoms with Crippen LogP contribution in [0.4, 0.5) is 4.39 Å². The third kappa shape index (κ3) is 4.06. The minimum Gasteiger partial charge on any atom is -0.326 e. The zero-order valence-corrected chi connectivity index (χ0v) is 13.9. The van der Waals surface area contributed by atoms with Crippen LogP contribution in [-0.4, -0.2) is 43.2 Å². The van der Waals surface area contributed by atoms with Gasteiger partial charge in [0.2, 0.25) is 0 Å². The highest BCUT2D eigenvalue weighted by Gasteiger charge is 2.33. The van der Waals surface area contributed by atoms with Crippen LogP contribution in [0.15, 0.2) is 18.2 Å². The molecule has 0 spiro atoms. The Kier molecular flexibility index (Phi) is 6.39. The molecule has 1 atom stereocenters. The molecule has 0 aromatic heterocycles. The fraction of sp³-hybridized carbons (Fsp3) is 0.500. The van der Waals surface area contributed by atoms with Crippen LogP contribution in [0.1, 0.15) is 12.0 Å². The lowest BCUT2D eigenvalue weighted by atomic mass is 10.2. The van der Waals surface area contributed by atoms with E-state index in [-0.39, 0.29) is 42.1 Å². The highest BCUT2D eigenvalue weighted by molar-refractivity contribution is 7.86. The number of nitrogens with zero attached hydrogens (tertiary/aromatic N) is 2. The van der Waals surface area contributed by atoms with Crippen molar-refractivity contribution >= 4 is 34.2 Å². The Hall–Kier alpha value is -0.440. The highest BCUT2D eigenvalue weighted by atomic mass is 35.5. The lowest BCUT2D eigenvalue weighted by Crippen LogP contribution is -2.41. The minimum absolute atomic E-state index is 0. The number of hydrogen-bond acceptors (Lipinski definition) is 3. The molecular weight excluding hydrogens is 340 g/mol. The summed E-state index contributed by atoms with van der Waals surface area (Å²) in [5.74, 6) is -0.516. The van der Waals surface area contributed by atoms with Gasteiger partial charge in [-0.15, -0.1) is 12.4 Å². The lowest BCUT2D eigenvalue weighted by Gasteiger charge is -2.24. The molecule has 1 aromatic carbocycles. The first kappa shape index (κ1) is 18.6. The van der Waals surface area contributed by atoms with E-state index in [0.29, 0.717) is 13.0 Å². The third-order valence-corrected chi connectivity index (χ3v) is 5.61. The fourth-order valence-electron chi connectivity index (χ4n) is 2.15. The van der Waals surface area contributed by atoms with Crippen molar-refractivity contribution in [3.05, 3.63) is 34.6 Å². The normalized spacial score (nSPS) is 19.8. The molecule has 1 aliphatic rings. The van der Waals surface area contributed by atoms with E-state index < -0.39 is 16.0 Å². The molecule has 2 rings (SSSR count). The maximum Gasteiger partial charge on any atom is 0.282 e. The monoisotopic (exact) mass is 357 g/mol. The second-order valence-electron chi connectivity index (χ2n) is 4.87. The molecule has 9 heteroatoms. The Morgan fingerprint density at radius 3 is 2.71 bits per heavy atom. The Labute approximate surface area is 135 Å². The summed E-state index contributed by atoms with van der Waals surface area (Å²) in [6, 6.07) is 4.13. The van der Waals surface area contributed by atoms with Gasteiger partial charge in [0.1, 0.15) is 5.82 Å². The standard InChI is InChI=1S/C12H17ClFN3O2S.ClH/c1-16(8-10-11(13)3-2-4-12(10)14)20(18,19)17-6-5-9(15)7-17;/h2-4,9H,5-8,15H2,1H3;1H/t9-;/m0./s1. The summed E-state index contributed by atoms with van der Waals surface area (Å²) < 4.78 is 40.8. The average molecular weight is 358 g/mol. The van der Waals surface area contributed by atoms with Crippen LogP contribution in [0, 0.1) is 5.82 Å². The summed E-state index contributed by atoms with van der Waals surface area (Å²) in [6.07, 6.45) is 0.632. The van der Waals surface area contributed by atoms with E-state index in [0.717, 1.165) is 4.31 Å². The van der Waals surface area contributed by atoms with Crippen molar-refractivity contribution in [2.24, 2.45) is 5.73 Å². The molecular formula is C12H18Cl2FN3O2S. The molecule has 5 nitrogen and oxygen atoms in total. The van der Waals surface area contributed by atoms with E-state index in [1.807, 2.05) is 0 Å². The molecule has 0 amide bonds. The van der Waals surface area contributed by atoms with Crippen molar-refractivity contribution in [3.8, 4) is 0 Å². The zero-order valence-electron chi connectivity index (χ0n) is 11.5. The van der Waals surface area contributed by atoms with Crippen molar-refractivity contribution in [2.45, 2.75) is 19.0 Å². The molecule has 1 saturated heterocycles. The molecule has 0 bridgehead atoms. The smallest absolute Gasteiger partial charge is 0.282 e. The molecule has 120 valence electrons. The summed E-state index contributed by atoms with van der Waals surface area (Å²) in [6.45, 7) is 0.566. The fourth-order valence-corrected chi connectivity index (χ4v) is 3.77. The number of benzene rings is 1. The summed E-state index contributed by atoms with van der Waals surface area (Å²) in [5.41, 5.74) is 5.89. The summed E-state index contributed by atoms with van der Waals surface area (Å²) in [4.78, 5) is 0. The lowest BCUT2D eigenvalue weighted by molar-refractivity contribution is 0.386. The van der Waals surface area contributed by atoms with Gasteiger partial charge in [0.15, 0.2) is 0 Å². The van der Waals surface area contributed by atoms with E-state index in [2.05, 4.69) is 0 Å². The molecule has 1 fully saturated rings. The number of hydrogen-bond donors (Lipinski definition) is 1. The van der Waals surface area contributed by atoms with Gasteiger partial charge in [-0.25, -0.2) is 4.39 Å². The van der Waals surface area contributed by atoms with E-state index in [4.69, 9.17) is 17.3 Å². The van der Waals surface area contributed by atoms with Gasteiger partial charge in [-0.05, 0) is 18.6 Å². The summed E-state index contributed by atoms with van der Waals surface area (Å²) >= 11 is 5.91. The van der Waals surface area contributed by atoms with Crippen LogP contribution in [0.25, 0.3) is 0 Å². The Bertz CT molecular complexity index is 580. The number of nitrogens with two attached hydrogens (primary N) is 1. The Morgan fingerprint density at radius 2 is 2.19 bits per heavy atom. The largest absolute Gasteiger partial charge is 0.326 e. The first-order valence-electron chi connectivity index (χ1n) is 6.22. The molecule has 1 heterocycles. The Balaban J connectivity index is 0.00000220. The van der Waals surface area contributed by atoms with Crippen molar-refractivity contribution in [2.75, 3.05) is 20.1 Å². The third-order valence-electron chi connectivity index (χ3n) is 3.35. The van der Waals surface area contributed by atoms with Gasteiger partial charge in [-0.1, -0.05) is 17.7 Å². The molecule has 2 N–H and O–H groups in total. The van der Waals surface area contributed by atoms with E-state index in [9.17, 15) is 12.8 Å². The van der Waals surface area contributed by atoms with Crippen LogP contribution >= 0.6 is 24.0 Å². The second kappa shape index (κ2) is 7.21. The van der Waals surface area contributed by atoms with E-state index in [1.165, 1.54) is 29.6 Å². The molecule has 0 unspecified atom stereocenters. The van der Waals surface area contributed by atoms with Gasteiger partial charge in [-0.3, -0.25) is 0 Å². The van der Waals surface area contributed by atoms with Gasteiger partial charge >= 0.3 is 0 Å². The quantitative estimate of drug-likeness (QED) is 0.889. The summed E-state index contributed by atoms with van der Waals surface area (Å²) in [5, 5.41) is 0.213. The molecule has 0 aliphatic carbocycles. The topological polar surface area (TPSA) is 66.6 Å². The van der Waals surface area contributed by atoms with Gasteiger partial charge in [0, 0.05) is 43.3 Å². The molecule has 1 aromatic rings. The first-order valence-corrected chi connectivity index (χ1v) is 7.99. The summed E-state index contributed by atoms with van der Waals surface area (Å²) in [7, 11) is -2.24. The van der Waals surface area contributed by atoms with Gasteiger partial charge < -0.3 is 5.73 Å². The molecule has 21 heavy (non-hydrogen) atoms. The second-order valence-corrected chi connectivity index (χ2v) is 7.31. The molecule has 0 saturated carbocycles. The maximum atomic E-state index is 13.7. The maximum absolute atomic E-state index is 13.7. The van der Waals surface area contributed by atoms with Crippen molar-refractivity contribution in [1.82, 2.24) is 8.61 Å². The van der Waals surface area contributed by atoms with Crippen molar-refractivity contribution < 1.29 is 12.8 Å². The average Bonchev–Trinajstić information content (AvgIpc) is 2.81.